The first-order valence-corrected chi connectivity index (χ1v) is 8.39. The summed E-state index contributed by atoms with van der Waals surface area (Å²) in [5.41, 5.74) is 2.43. The first-order valence-electron chi connectivity index (χ1n) is 7.51. The van der Waals surface area contributed by atoms with Gasteiger partial charge in [0, 0.05) is 11.4 Å². The number of hydrogen-bond acceptors (Lipinski definition) is 3. The summed E-state index contributed by atoms with van der Waals surface area (Å²) in [4.78, 5) is 24.5. The molecule has 3 amide bonds. The number of nitrogens with one attached hydrogen (secondary N) is 2. The van der Waals surface area contributed by atoms with Crippen LogP contribution in [-0.4, -0.2) is 23.7 Å². The number of urea groups is 1. The standard InChI is InChI=1S/C17H26N2O2S/c1-7-18-16(21)19-15(20)12(3)22-14-10-13(17(4,5)6)9-8-11(14)2/h8-10,12H,7H2,1-6H3,(H2,18,19,20,21). The molecule has 0 fully saturated rings. The molecule has 0 saturated carbocycles. The van der Waals surface area contributed by atoms with Crippen molar-refractivity contribution in [3.05, 3.63) is 29.3 Å². The molecule has 0 aliphatic carbocycles. The van der Waals surface area contributed by atoms with Crippen molar-refractivity contribution in [1.29, 1.82) is 0 Å². The van der Waals surface area contributed by atoms with Crippen LogP contribution in [0.3, 0.4) is 0 Å². The van der Waals surface area contributed by atoms with E-state index in [9.17, 15) is 9.59 Å². The van der Waals surface area contributed by atoms with E-state index >= 15 is 0 Å². The van der Waals surface area contributed by atoms with Gasteiger partial charge in [-0.25, -0.2) is 4.79 Å². The number of benzene rings is 1. The fraction of sp³-hybridized carbons (Fsp3) is 0.529. The highest BCUT2D eigenvalue weighted by molar-refractivity contribution is 8.00. The number of hydrogen-bond donors (Lipinski definition) is 2. The zero-order valence-corrected chi connectivity index (χ0v) is 15.1. The minimum atomic E-state index is -0.444. The number of thioether (sulfide) groups is 1. The van der Waals surface area contributed by atoms with Crippen LogP contribution in [0.2, 0.25) is 0 Å². The Balaban J connectivity index is 2.81. The van der Waals surface area contributed by atoms with Crippen LogP contribution in [0, 0.1) is 6.92 Å². The van der Waals surface area contributed by atoms with Gasteiger partial charge in [0.2, 0.25) is 5.91 Å². The maximum Gasteiger partial charge on any atom is 0.321 e. The second-order valence-corrected chi connectivity index (χ2v) is 7.72. The second kappa shape index (κ2) is 7.68. The van der Waals surface area contributed by atoms with E-state index in [-0.39, 0.29) is 16.6 Å². The summed E-state index contributed by atoms with van der Waals surface area (Å²) in [7, 11) is 0. The van der Waals surface area contributed by atoms with Crippen LogP contribution in [-0.2, 0) is 10.2 Å². The van der Waals surface area contributed by atoms with Gasteiger partial charge in [-0.3, -0.25) is 10.1 Å². The monoisotopic (exact) mass is 322 g/mol. The lowest BCUT2D eigenvalue weighted by Crippen LogP contribution is -2.42. The number of carbonyl (C=O) groups is 2. The van der Waals surface area contributed by atoms with Crippen LogP contribution >= 0.6 is 11.8 Å². The van der Waals surface area contributed by atoms with Crippen LogP contribution in [0.1, 0.15) is 45.7 Å². The molecule has 1 atom stereocenters. The Labute approximate surface area is 137 Å². The molecule has 1 unspecified atom stereocenters. The molecule has 0 bridgehead atoms. The molecule has 122 valence electrons. The summed E-state index contributed by atoms with van der Waals surface area (Å²) < 4.78 is 0. The smallest absolute Gasteiger partial charge is 0.321 e. The second-order valence-electron chi connectivity index (χ2n) is 6.34. The van der Waals surface area contributed by atoms with Gasteiger partial charge in [-0.05, 0) is 43.4 Å². The molecule has 1 aromatic rings. The van der Waals surface area contributed by atoms with Crippen LogP contribution in [0.5, 0.6) is 0 Å². The van der Waals surface area contributed by atoms with Crippen molar-refractivity contribution in [1.82, 2.24) is 10.6 Å². The summed E-state index contributed by atoms with van der Waals surface area (Å²) >= 11 is 1.48. The van der Waals surface area contributed by atoms with E-state index in [2.05, 4.69) is 49.6 Å². The lowest BCUT2D eigenvalue weighted by atomic mass is 9.87. The average molecular weight is 322 g/mol. The molecule has 0 radical (unpaired) electrons. The Morgan fingerprint density at radius 1 is 1.27 bits per heavy atom. The zero-order chi connectivity index (χ0) is 16.9. The Morgan fingerprint density at radius 2 is 1.91 bits per heavy atom. The molecule has 0 spiro atoms. The number of carbonyl (C=O) groups excluding carboxylic acids is 2. The molecule has 22 heavy (non-hydrogen) atoms. The number of aryl methyl sites for hydroxylation is 1. The molecule has 0 aromatic heterocycles. The maximum atomic E-state index is 12.0. The first-order chi connectivity index (χ1) is 10.1. The van der Waals surface area contributed by atoms with Gasteiger partial charge in [-0.2, -0.15) is 0 Å². The topological polar surface area (TPSA) is 58.2 Å². The molecule has 0 aliphatic rings. The van der Waals surface area contributed by atoms with Crippen LogP contribution in [0.25, 0.3) is 0 Å². The predicted octanol–water partition coefficient (Wildman–Crippen LogP) is 3.62. The zero-order valence-electron chi connectivity index (χ0n) is 14.2. The van der Waals surface area contributed by atoms with Crippen molar-refractivity contribution >= 4 is 23.7 Å². The molecule has 0 heterocycles. The Hall–Kier alpha value is -1.49. The van der Waals surface area contributed by atoms with Crippen molar-refractivity contribution < 1.29 is 9.59 Å². The minimum absolute atomic E-state index is 0.0650. The minimum Gasteiger partial charge on any atom is -0.338 e. The molecule has 1 rings (SSSR count). The summed E-state index contributed by atoms with van der Waals surface area (Å²) in [6.45, 7) is 12.6. The van der Waals surface area contributed by atoms with E-state index in [1.165, 1.54) is 17.3 Å². The van der Waals surface area contributed by atoms with E-state index in [0.717, 1.165) is 10.5 Å². The van der Waals surface area contributed by atoms with Gasteiger partial charge < -0.3 is 5.32 Å². The fourth-order valence-electron chi connectivity index (χ4n) is 1.86. The number of rotatable bonds is 4. The van der Waals surface area contributed by atoms with Gasteiger partial charge in [-0.15, -0.1) is 11.8 Å². The van der Waals surface area contributed by atoms with E-state index in [1.54, 1.807) is 0 Å². The van der Waals surface area contributed by atoms with Gasteiger partial charge in [0.15, 0.2) is 0 Å². The third kappa shape index (κ3) is 5.37. The van der Waals surface area contributed by atoms with Crippen LogP contribution < -0.4 is 10.6 Å². The van der Waals surface area contributed by atoms with Crippen molar-refractivity contribution in [2.75, 3.05) is 6.54 Å². The molecule has 0 saturated heterocycles. The summed E-state index contributed by atoms with van der Waals surface area (Å²) in [6, 6.07) is 5.89. The average Bonchev–Trinajstić information content (AvgIpc) is 2.39. The first kappa shape index (κ1) is 18.6. The fourth-order valence-corrected chi connectivity index (χ4v) is 2.85. The largest absolute Gasteiger partial charge is 0.338 e. The van der Waals surface area contributed by atoms with Gasteiger partial charge in [-0.1, -0.05) is 32.9 Å². The van der Waals surface area contributed by atoms with Gasteiger partial charge in [0.1, 0.15) is 0 Å². The Bertz CT molecular complexity index is 550. The van der Waals surface area contributed by atoms with E-state index in [0.29, 0.717) is 6.54 Å². The molecule has 2 N–H and O–H groups in total. The van der Waals surface area contributed by atoms with Crippen LogP contribution in [0.4, 0.5) is 4.79 Å². The highest BCUT2D eigenvalue weighted by Crippen LogP contribution is 2.31. The summed E-state index contributed by atoms with van der Waals surface area (Å²) in [5.74, 6) is -0.281. The van der Waals surface area contributed by atoms with E-state index in [1.807, 2.05) is 20.8 Å². The van der Waals surface area contributed by atoms with Crippen molar-refractivity contribution in [3.8, 4) is 0 Å². The third-order valence-corrected chi connectivity index (χ3v) is 4.56. The molecule has 4 nitrogen and oxygen atoms in total. The summed E-state index contributed by atoms with van der Waals surface area (Å²) in [6.07, 6.45) is 0. The Morgan fingerprint density at radius 3 is 2.45 bits per heavy atom. The third-order valence-electron chi connectivity index (χ3n) is 3.30. The lowest BCUT2D eigenvalue weighted by molar-refractivity contribution is -0.119. The van der Waals surface area contributed by atoms with Crippen molar-refractivity contribution in [2.24, 2.45) is 0 Å². The van der Waals surface area contributed by atoms with E-state index < -0.39 is 6.03 Å². The maximum absolute atomic E-state index is 12.0. The van der Waals surface area contributed by atoms with Gasteiger partial charge in [0.05, 0.1) is 5.25 Å². The quantitative estimate of drug-likeness (QED) is 0.832. The van der Waals surface area contributed by atoms with Gasteiger partial charge >= 0.3 is 6.03 Å². The van der Waals surface area contributed by atoms with Crippen molar-refractivity contribution in [2.45, 2.75) is 57.1 Å². The summed E-state index contributed by atoms with van der Waals surface area (Å²) in [5, 5.41) is 4.57. The molecular weight excluding hydrogens is 296 g/mol. The molecule has 5 heteroatoms. The normalized spacial score (nSPS) is 12.6. The molecule has 0 aliphatic heterocycles. The predicted molar refractivity (Wildman–Crippen MR) is 92.4 cm³/mol. The Kier molecular flexibility index (Phi) is 6.48. The highest BCUT2D eigenvalue weighted by Gasteiger charge is 2.20. The highest BCUT2D eigenvalue weighted by atomic mass is 32.2. The van der Waals surface area contributed by atoms with Crippen LogP contribution in [0.15, 0.2) is 23.1 Å². The van der Waals surface area contributed by atoms with E-state index in [4.69, 9.17) is 0 Å². The number of amides is 3. The SMILES string of the molecule is CCNC(=O)NC(=O)C(C)Sc1cc(C(C)(C)C)ccc1C. The lowest BCUT2D eigenvalue weighted by Gasteiger charge is -2.21. The molecular formula is C17H26N2O2S. The molecule has 1 aromatic carbocycles. The number of imide groups is 1. The van der Waals surface area contributed by atoms with Crippen molar-refractivity contribution in [3.63, 3.8) is 0 Å². The van der Waals surface area contributed by atoms with Gasteiger partial charge in [0.25, 0.3) is 0 Å².